The van der Waals surface area contributed by atoms with E-state index in [-0.39, 0.29) is 5.41 Å². The van der Waals surface area contributed by atoms with E-state index in [1.54, 1.807) is 0 Å². The second-order valence-corrected chi connectivity index (χ2v) is 13.3. The average molecular weight is 587 g/mol. The molecule has 1 heteroatoms. The fraction of sp³-hybridized carbons (Fsp3) is 0.0667. The Kier molecular flexibility index (Phi) is 5.12. The van der Waals surface area contributed by atoms with Gasteiger partial charge >= 0.3 is 0 Å². The molecule has 1 aromatic heterocycles. The lowest BCUT2D eigenvalue weighted by atomic mass is 9.80. The molecule has 1 heterocycles. The topological polar surface area (TPSA) is 13.1 Å². The largest absolute Gasteiger partial charge is 0.455 e. The fourth-order valence-electron chi connectivity index (χ4n) is 8.16. The van der Waals surface area contributed by atoms with E-state index < -0.39 is 0 Å². The van der Waals surface area contributed by atoms with Crippen molar-refractivity contribution in [3.05, 3.63) is 157 Å². The van der Waals surface area contributed by atoms with E-state index in [1.165, 1.54) is 82.2 Å². The zero-order valence-electron chi connectivity index (χ0n) is 25.8. The van der Waals surface area contributed by atoms with Crippen molar-refractivity contribution in [3.63, 3.8) is 0 Å². The molecule has 0 saturated carbocycles. The van der Waals surface area contributed by atoms with Crippen molar-refractivity contribution in [1.29, 1.82) is 0 Å². The van der Waals surface area contributed by atoms with Crippen LogP contribution in [0.1, 0.15) is 25.0 Å². The molecule has 10 rings (SSSR count). The molecule has 0 saturated heterocycles. The zero-order valence-corrected chi connectivity index (χ0v) is 25.8. The molecule has 0 atom stereocenters. The van der Waals surface area contributed by atoms with Crippen LogP contribution in [0.2, 0.25) is 0 Å². The van der Waals surface area contributed by atoms with Gasteiger partial charge < -0.3 is 4.42 Å². The summed E-state index contributed by atoms with van der Waals surface area (Å²) in [4.78, 5) is 0. The van der Waals surface area contributed by atoms with Gasteiger partial charge in [-0.3, -0.25) is 0 Å². The minimum absolute atomic E-state index is 0.150. The van der Waals surface area contributed by atoms with Crippen molar-refractivity contribution >= 4 is 54.3 Å². The molecular weight excluding hydrogens is 556 g/mol. The van der Waals surface area contributed by atoms with Crippen molar-refractivity contribution in [3.8, 4) is 33.4 Å². The van der Waals surface area contributed by atoms with Gasteiger partial charge in [0, 0.05) is 21.6 Å². The second kappa shape index (κ2) is 9.19. The summed E-state index contributed by atoms with van der Waals surface area (Å²) in [5.74, 6) is 0. The monoisotopic (exact) mass is 586 g/mol. The fourth-order valence-corrected chi connectivity index (χ4v) is 8.16. The molecule has 216 valence electrons. The summed E-state index contributed by atoms with van der Waals surface area (Å²) in [6.07, 6.45) is 0. The van der Waals surface area contributed by atoms with Crippen LogP contribution >= 0.6 is 0 Å². The van der Waals surface area contributed by atoms with Gasteiger partial charge in [-0.05, 0) is 102 Å². The Hall–Kier alpha value is -5.66. The van der Waals surface area contributed by atoms with Crippen molar-refractivity contribution in [2.24, 2.45) is 0 Å². The third kappa shape index (κ3) is 3.46. The normalized spacial score (nSPS) is 13.6. The molecule has 0 spiro atoms. The Morgan fingerprint density at radius 1 is 0.413 bits per heavy atom. The summed E-state index contributed by atoms with van der Waals surface area (Å²) in [6, 6.07) is 53.4. The Balaban J connectivity index is 1.16. The highest BCUT2D eigenvalue weighted by atomic mass is 16.3. The summed E-state index contributed by atoms with van der Waals surface area (Å²) in [7, 11) is 0. The smallest absolute Gasteiger partial charge is 0.143 e. The van der Waals surface area contributed by atoms with Crippen LogP contribution < -0.4 is 0 Å². The predicted octanol–water partition coefficient (Wildman–Crippen LogP) is 12.7. The van der Waals surface area contributed by atoms with Crippen LogP contribution in [0.4, 0.5) is 0 Å². The minimum Gasteiger partial charge on any atom is -0.455 e. The molecule has 9 aromatic rings. The van der Waals surface area contributed by atoms with Crippen LogP contribution in [-0.4, -0.2) is 0 Å². The molecule has 1 nitrogen and oxygen atoms in total. The number of hydrogen-bond acceptors (Lipinski definition) is 1. The Morgan fingerprint density at radius 2 is 1.07 bits per heavy atom. The first-order valence-corrected chi connectivity index (χ1v) is 16.1. The maximum absolute atomic E-state index is 6.53. The van der Waals surface area contributed by atoms with Crippen LogP contribution in [0.25, 0.3) is 87.6 Å². The maximum atomic E-state index is 6.53. The second-order valence-electron chi connectivity index (χ2n) is 13.3. The van der Waals surface area contributed by atoms with E-state index in [0.29, 0.717) is 0 Å². The number of fused-ring (bicyclic) bond motifs is 10. The Bertz CT molecular complexity index is 2720. The molecule has 0 N–H and O–H groups in total. The highest BCUT2D eigenvalue weighted by molar-refractivity contribution is 6.19. The Morgan fingerprint density at radius 3 is 1.91 bits per heavy atom. The van der Waals surface area contributed by atoms with Crippen LogP contribution in [0.15, 0.2) is 150 Å². The van der Waals surface area contributed by atoms with Gasteiger partial charge in [-0.25, -0.2) is 0 Å². The highest BCUT2D eigenvalue weighted by Gasteiger charge is 2.36. The first-order valence-electron chi connectivity index (χ1n) is 16.1. The predicted molar refractivity (Wildman–Crippen MR) is 195 cm³/mol. The van der Waals surface area contributed by atoms with E-state index >= 15 is 0 Å². The first-order chi connectivity index (χ1) is 22.6. The maximum Gasteiger partial charge on any atom is 0.143 e. The summed E-state index contributed by atoms with van der Waals surface area (Å²) in [5, 5.41) is 9.85. The number of hydrogen-bond donors (Lipinski definition) is 0. The number of benzene rings is 8. The van der Waals surface area contributed by atoms with Crippen molar-refractivity contribution < 1.29 is 4.42 Å². The third-order valence-electron chi connectivity index (χ3n) is 10.5. The molecule has 46 heavy (non-hydrogen) atoms. The summed E-state index contributed by atoms with van der Waals surface area (Å²) in [6.45, 7) is 4.77. The van der Waals surface area contributed by atoms with Gasteiger partial charge in [-0.15, -0.1) is 0 Å². The van der Waals surface area contributed by atoms with E-state index in [2.05, 4.69) is 159 Å². The van der Waals surface area contributed by atoms with Crippen molar-refractivity contribution in [1.82, 2.24) is 0 Å². The van der Waals surface area contributed by atoms with Crippen molar-refractivity contribution in [2.75, 3.05) is 0 Å². The lowest BCUT2D eigenvalue weighted by Gasteiger charge is -2.23. The summed E-state index contributed by atoms with van der Waals surface area (Å²) < 4.78 is 6.53. The van der Waals surface area contributed by atoms with E-state index in [4.69, 9.17) is 4.42 Å². The summed E-state index contributed by atoms with van der Waals surface area (Å²) >= 11 is 0. The Labute approximate surface area is 267 Å². The van der Waals surface area contributed by atoms with E-state index in [0.717, 1.165) is 16.6 Å². The van der Waals surface area contributed by atoms with Gasteiger partial charge in [-0.2, -0.15) is 0 Å². The van der Waals surface area contributed by atoms with Crippen LogP contribution in [0, 0.1) is 0 Å². The lowest BCUT2D eigenvalue weighted by molar-refractivity contribution is 0.661. The quantitative estimate of drug-likeness (QED) is 0.196. The average Bonchev–Trinajstić information content (AvgIpc) is 3.59. The standard InChI is InChI=1S/C45H30O/c1-45(2)40-25-30(32-16-9-19-42-43(32)37-23-20-28-11-4-6-15-33(28)44(37)46-42)21-22-36(40)39-24-29-13-8-18-35(38(29)26-41(39)45)34-17-7-12-27-10-3-5-14-31(27)34/h3-26H,1-2H3. The van der Waals surface area contributed by atoms with Crippen LogP contribution in [0.3, 0.4) is 0 Å². The lowest BCUT2D eigenvalue weighted by Crippen LogP contribution is -2.15. The molecule has 1 aliphatic rings. The molecule has 0 aliphatic heterocycles. The van der Waals surface area contributed by atoms with Crippen molar-refractivity contribution in [2.45, 2.75) is 19.3 Å². The molecule has 0 bridgehead atoms. The van der Waals surface area contributed by atoms with Gasteiger partial charge in [0.15, 0.2) is 0 Å². The molecule has 0 amide bonds. The molecule has 1 aliphatic carbocycles. The minimum atomic E-state index is -0.150. The zero-order chi connectivity index (χ0) is 30.6. The highest BCUT2D eigenvalue weighted by Crippen LogP contribution is 2.52. The van der Waals surface area contributed by atoms with Gasteiger partial charge in [0.05, 0.1) is 0 Å². The molecule has 0 radical (unpaired) electrons. The molecule has 0 fully saturated rings. The van der Waals surface area contributed by atoms with E-state index in [9.17, 15) is 0 Å². The van der Waals surface area contributed by atoms with Crippen LogP contribution in [-0.2, 0) is 5.41 Å². The van der Waals surface area contributed by atoms with Gasteiger partial charge in [-0.1, -0.05) is 129 Å². The van der Waals surface area contributed by atoms with Crippen LogP contribution in [0.5, 0.6) is 0 Å². The summed E-state index contributed by atoms with van der Waals surface area (Å²) in [5.41, 5.74) is 12.2. The first kappa shape index (κ1) is 25.6. The molecule has 0 unspecified atom stereocenters. The van der Waals surface area contributed by atoms with Gasteiger partial charge in [0.2, 0.25) is 0 Å². The molecular formula is C45H30O. The SMILES string of the molecule is CC1(C)c2cc(-c3cccc4oc5c6ccccc6ccc5c34)ccc2-c2cc3cccc(-c4cccc5ccccc45)c3cc21. The van der Waals surface area contributed by atoms with E-state index in [1.807, 2.05) is 0 Å². The van der Waals surface area contributed by atoms with Gasteiger partial charge in [0.25, 0.3) is 0 Å². The number of rotatable bonds is 2. The van der Waals surface area contributed by atoms with Gasteiger partial charge in [0.1, 0.15) is 11.2 Å². The number of furan rings is 1. The molecule has 8 aromatic carbocycles. The third-order valence-corrected chi connectivity index (χ3v) is 10.5.